The number of alkyl halides is 3. The molecule has 3 heterocycles. The SMILES string of the molecule is Cc1ccc(C(=O)Nc2ccc(CN3CCN(C)CC3)c(C(F)(F)F)c2)cc1Oc1nc(-c2ccncc2)nc(N)c1C=N. The van der Waals surface area contributed by atoms with Gasteiger partial charge in [0.2, 0.25) is 5.88 Å². The quantitative estimate of drug-likeness (QED) is 0.233. The Hall–Kier alpha value is -4.88. The molecule has 1 aliphatic rings. The minimum atomic E-state index is -4.59. The third-order valence-corrected chi connectivity index (χ3v) is 7.34. The van der Waals surface area contributed by atoms with Crippen LogP contribution in [0.4, 0.5) is 24.7 Å². The molecule has 0 atom stereocenters. The van der Waals surface area contributed by atoms with Gasteiger partial charge in [0.1, 0.15) is 11.6 Å². The third kappa shape index (κ3) is 7.01. The number of nitrogens with two attached hydrogens (primary N) is 1. The number of nitrogen functional groups attached to an aromatic ring is 1. The number of anilines is 2. The van der Waals surface area contributed by atoms with Gasteiger partial charge in [0.15, 0.2) is 5.82 Å². The average Bonchev–Trinajstić information content (AvgIpc) is 3.00. The third-order valence-electron chi connectivity index (χ3n) is 7.34. The molecule has 228 valence electrons. The van der Waals surface area contributed by atoms with Gasteiger partial charge in [-0.25, -0.2) is 4.98 Å². The fourth-order valence-corrected chi connectivity index (χ4v) is 4.77. The van der Waals surface area contributed by atoms with Crippen molar-refractivity contribution in [2.75, 3.05) is 44.3 Å². The second kappa shape index (κ2) is 12.8. The zero-order chi connectivity index (χ0) is 31.4. The van der Waals surface area contributed by atoms with E-state index in [9.17, 15) is 18.0 Å². The molecule has 4 N–H and O–H groups in total. The standard InChI is InChI=1S/C31H31F3N8O2/c1-19-3-4-21(15-26(19)44-30-24(17-35)27(36)39-28(40-30)20-7-9-37-10-8-20)29(43)38-23-6-5-22(25(16-23)31(32,33)34)18-42-13-11-41(2)12-14-42/h3-10,15-17,35H,11-14,18H2,1-2H3,(H,38,43)(H2,36,39,40). The second-order valence-corrected chi connectivity index (χ2v) is 10.5. The number of hydrogen-bond donors (Lipinski definition) is 3. The molecular weight excluding hydrogens is 573 g/mol. The summed E-state index contributed by atoms with van der Waals surface area (Å²) in [5.74, 6) is -0.0843. The lowest BCUT2D eigenvalue weighted by Gasteiger charge is -2.33. The predicted molar refractivity (Wildman–Crippen MR) is 161 cm³/mol. The number of piperazine rings is 1. The van der Waals surface area contributed by atoms with E-state index >= 15 is 0 Å². The fraction of sp³-hybridized carbons (Fsp3) is 0.258. The van der Waals surface area contributed by atoms with Crippen molar-refractivity contribution in [3.8, 4) is 23.0 Å². The summed E-state index contributed by atoms with van der Waals surface area (Å²) in [6.07, 6.45) is -0.469. The molecule has 0 radical (unpaired) electrons. The highest BCUT2D eigenvalue weighted by molar-refractivity contribution is 6.04. The Morgan fingerprint density at radius 1 is 1.07 bits per heavy atom. The number of carbonyl (C=O) groups is 1. The van der Waals surface area contributed by atoms with Crippen LogP contribution >= 0.6 is 0 Å². The zero-order valence-corrected chi connectivity index (χ0v) is 24.2. The molecule has 1 saturated heterocycles. The summed E-state index contributed by atoms with van der Waals surface area (Å²) >= 11 is 0. The van der Waals surface area contributed by atoms with E-state index in [1.807, 2.05) is 11.9 Å². The number of nitrogens with zero attached hydrogens (tertiary/aromatic N) is 5. The van der Waals surface area contributed by atoms with Crippen LogP contribution in [0.5, 0.6) is 11.6 Å². The Morgan fingerprint density at radius 3 is 2.48 bits per heavy atom. The van der Waals surface area contributed by atoms with Gasteiger partial charge >= 0.3 is 6.18 Å². The molecule has 0 spiro atoms. The van der Waals surface area contributed by atoms with Crippen LogP contribution in [0, 0.1) is 12.3 Å². The molecule has 2 aromatic carbocycles. The van der Waals surface area contributed by atoms with Gasteiger partial charge in [-0.2, -0.15) is 18.2 Å². The number of likely N-dealkylation sites (N-methyl/N-ethyl adjacent to an activating group) is 1. The summed E-state index contributed by atoms with van der Waals surface area (Å²) in [7, 11) is 1.98. The van der Waals surface area contributed by atoms with Crippen molar-refractivity contribution in [3.05, 3.63) is 88.7 Å². The maximum atomic E-state index is 14.0. The van der Waals surface area contributed by atoms with E-state index in [0.29, 0.717) is 24.2 Å². The maximum Gasteiger partial charge on any atom is 0.416 e. The van der Waals surface area contributed by atoms with E-state index in [0.717, 1.165) is 25.4 Å². The lowest BCUT2D eigenvalue weighted by atomic mass is 10.0. The molecule has 0 aliphatic carbocycles. The van der Waals surface area contributed by atoms with Crippen molar-refractivity contribution in [2.24, 2.45) is 0 Å². The van der Waals surface area contributed by atoms with E-state index in [1.54, 1.807) is 37.5 Å². The van der Waals surface area contributed by atoms with Crippen LogP contribution in [-0.2, 0) is 12.7 Å². The molecule has 44 heavy (non-hydrogen) atoms. The van der Waals surface area contributed by atoms with Gasteiger partial charge in [-0.3, -0.25) is 14.7 Å². The van der Waals surface area contributed by atoms with E-state index in [1.165, 1.54) is 24.3 Å². The first-order valence-corrected chi connectivity index (χ1v) is 13.8. The van der Waals surface area contributed by atoms with E-state index in [2.05, 4.69) is 25.2 Å². The number of nitrogens with one attached hydrogen (secondary N) is 2. The van der Waals surface area contributed by atoms with Gasteiger partial charge in [0.25, 0.3) is 5.91 Å². The summed E-state index contributed by atoms with van der Waals surface area (Å²) in [5, 5.41) is 10.4. The first-order valence-electron chi connectivity index (χ1n) is 13.8. The van der Waals surface area contributed by atoms with Gasteiger partial charge in [-0.15, -0.1) is 0 Å². The molecule has 13 heteroatoms. The highest BCUT2D eigenvalue weighted by atomic mass is 19.4. The number of ether oxygens (including phenoxy) is 1. The monoisotopic (exact) mass is 604 g/mol. The number of halogens is 3. The lowest BCUT2D eigenvalue weighted by molar-refractivity contribution is -0.138. The van der Waals surface area contributed by atoms with Gasteiger partial charge in [-0.1, -0.05) is 12.1 Å². The van der Waals surface area contributed by atoms with Gasteiger partial charge < -0.3 is 26.1 Å². The topological polar surface area (TPSA) is 133 Å². The number of pyridine rings is 1. The predicted octanol–water partition coefficient (Wildman–Crippen LogP) is 5.24. The van der Waals surface area contributed by atoms with Gasteiger partial charge in [0, 0.05) is 68.1 Å². The highest BCUT2D eigenvalue weighted by Crippen LogP contribution is 2.35. The summed E-state index contributed by atoms with van der Waals surface area (Å²) < 4.78 is 48.2. The summed E-state index contributed by atoms with van der Waals surface area (Å²) in [5.41, 5.74) is 7.05. The number of rotatable bonds is 8. The molecule has 1 fully saturated rings. The largest absolute Gasteiger partial charge is 0.438 e. The fourth-order valence-electron chi connectivity index (χ4n) is 4.77. The Bertz CT molecular complexity index is 1670. The molecule has 0 unspecified atom stereocenters. The molecule has 1 amide bonds. The van der Waals surface area contributed by atoms with Crippen molar-refractivity contribution in [3.63, 3.8) is 0 Å². The number of carbonyl (C=O) groups excluding carboxylic acids is 1. The first kappa shape index (κ1) is 30.6. The van der Waals surface area contributed by atoms with Crippen LogP contribution in [0.1, 0.15) is 32.6 Å². The Morgan fingerprint density at radius 2 is 1.80 bits per heavy atom. The Balaban J connectivity index is 1.38. The zero-order valence-electron chi connectivity index (χ0n) is 24.2. The number of hydrogen-bond acceptors (Lipinski definition) is 9. The van der Waals surface area contributed by atoms with E-state index < -0.39 is 17.6 Å². The lowest BCUT2D eigenvalue weighted by Crippen LogP contribution is -2.44. The van der Waals surface area contributed by atoms with Crippen molar-refractivity contribution in [1.82, 2.24) is 24.8 Å². The van der Waals surface area contributed by atoms with Crippen LogP contribution in [-0.4, -0.2) is 70.1 Å². The molecule has 4 aromatic rings. The summed E-state index contributed by atoms with van der Waals surface area (Å²) in [6, 6.07) is 11.9. The van der Waals surface area contributed by atoms with Crippen LogP contribution < -0.4 is 15.8 Å². The molecular formula is C31H31F3N8O2. The Labute approximate surface area is 252 Å². The molecule has 1 aliphatic heterocycles. The van der Waals surface area contributed by atoms with E-state index in [4.69, 9.17) is 15.9 Å². The van der Waals surface area contributed by atoms with Crippen molar-refractivity contribution in [2.45, 2.75) is 19.6 Å². The van der Waals surface area contributed by atoms with Crippen LogP contribution in [0.25, 0.3) is 11.4 Å². The average molecular weight is 605 g/mol. The Kier molecular flexibility index (Phi) is 8.88. The number of aromatic nitrogens is 3. The summed E-state index contributed by atoms with van der Waals surface area (Å²) in [4.78, 5) is 30.0. The van der Waals surface area contributed by atoms with Gasteiger partial charge in [0.05, 0.1) is 11.1 Å². The molecule has 5 rings (SSSR count). The molecule has 0 bridgehead atoms. The van der Waals surface area contributed by atoms with Gasteiger partial charge in [-0.05, 0) is 61.5 Å². The smallest absolute Gasteiger partial charge is 0.416 e. The van der Waals surface area contributed by atoms with Crippen LogP contribution in [0.15, 0.2) is 60.9 Å². The minimum Gasteiger partial charge on any atom is -0.438 e. The molecule has 10 nitrogen and oxygen atoms in total. The number of benzene rings is 2. The van der Waals surface area contributed by atoms with Crippen LogP contribution in [0.2, 0.25) is 0 Å². The summed E-state index contributed by atoms with van der Waals surface area (Å²) in [6.45, 7) is 4.86. The highest BCUT2D eigenvalue weighted by Gasteiger charge is 2.34. The molecule has 2 aromatic heterocycles. The van der Waals surface area contributed by atoms with Crippen LogP contribution in [0.3, 0.4) is 0 Å². The molecule has 0 saturated carbocycles. The van der Waals surface area contributed by atoms with E-state index in [-0.39, 0.29) is 52.2 Å². The normalized spacial score (nSPS) is 14.3. The van der Waals surface area contributed by atoms with Crippen molar-refractivity contribution < 1.29 is 22.7 Å². The minimum absolute atomic E-state index is 0.00530. The second-order valence-electron chi connectivity index (χ2n) is 10.5. The number of amides is 1. The van der Waals surface area contributed by atoms with Crippen molar-refractivity contribution >= 4 is 23.6 Å². The maximum absolute atomic E-state index is 14.0. The van der Waals surface area contributed by atoms with Crippen molar-refractivity contribution in [1.29, 1.82) is 5.41 Å². The first-order chi connectivity index (χ1) is 21.0. The number of aryl methyl sites for hydroxylation is 1.